The number of nitriles is 1. The summed E-state index contributed by atoms with van der Waals surface area (Å²) in [5.41, 5.74) is -1.46. The molecule has 161 valence electrons. The molecule has 0 spiro atoms. The average Bonchev–Trinajstić information content (AvgIpc) is 2.64. The van der Waals surface area contributed by atoms with E-state index in [1.54, 1.807) is 6.92 Å². The normalized spacial score (nSPS) is 29.0. The van der Waals surface area contributed by atoms with E-state index >= 15 is 0 Å². The summed E-state index contributed by atoms with van der Waals surface area (Å²) in [6.45, 7) is 5.90. The Kier molecular flexibility index (Phi) is 8.30. The number of hydrogen-bond acceptors (Lipinski definition) is 7. The van der Waals surface area contributed by atoms with Gasteiger partial charge in [0.05, 0.1) is 27.9 Å². The first kappa shape index (κ1) is 25.9. The van der Waals surface area contributed by atoms with Crippen molar-refractivity contribution in [3.8, 4) is 6.07 Å². The Bertz CT molecular complexity index is 862. The lowest BCUT2D eigenvalue weighted by Gasteiger charge is -2.68. The predicted molar refractivity (Wildman–Crippen MR) is 109 cm³/mol. The lowest BCUT2D eigenvalue weighted by Crippen LogP contribution is -2.74. The zero-order valence-electron chi connectivity index (χ0n) is 16.8. The second-order valence-electron chi connectivity index (χ2n) is 7.88. The topological polar surface area (TPSA) is 151 Å². The summed E-state index contributed by atoms with van der Waals surface area (Å²) < 4.78 is 24.8. The summed E-state index contributed by atoms with van der Waals surface area (Å²) in [5, 5.41) is 42.9. The summed E-state index contributed by atoms with van der Waals surface area (Å²) in [4.78, 5) is -0.0272. The summed E-state index contributed by atoms with van der Waals surface area (Å²) in [6.07, 6.45) is 2.59. The van der Waals surface area contributed by atoms with Gasteiger partial charge in [-0.25, -0.2) is 13.1 Å². The molecule has 0 aliphatic heterocycles. The number of fused-ring (bicyclic) bond motifs is 2. The van der Waals surface area contributed by atoms with E-state index in [2.05, 4.69) is 18.6 Å². The number of rotatable bonds is 2. The Morgan fingerprint density at radius 3 is 2.17 bits per heavy atom. The van der Waals surface area contributed by atoms with E-state index in [1.165, 1.54) is 25.2 Å². The summed E-state index contributed by atoms with van der Waals surface area (Å²) in [7, 11) is -2.25. The SMILES string of the molecule is CC1(O)CCC2CC1(O)C2(C)C.CNS(=O)(=O)c1ccc(C#N)cc1Cl.O[B]O. The van der Waals surface area contributed by atoms with Gasteiger partial charge in [0.15, 0.2) is 0 Å². The Labute approximate surface area is 177 Å². The standard InChI is InChI=1S/C10H18O2.C8H7ClN2O2S.BH2O2/c1-8(2)7-4-5-9(3,11)10(8,12)6-7;1-11-14(12,13)8-3-2-6(5-10)4-7(8)9;2-1-3/h7,11-12H,4-6H2,1-3H3;2-4,11H,1H3;2-3H. The highest BCUT2D eigenvalue weighted by molar-refractivity contribution is 7.89. The van der Waals surface area contributed by atoms with Crippen LogP contribution in [-0.2, 0) is 10.0 Å². The molecule has 8 nitrogen and oxygen atoms in total. The van der Waals surface area contributed by atoms with Gasteiger partial charge in [-0.1, -0.05) is 25.4 Å². The molecular weight excluding hydrogens is 419 g/mol. The van der Waals surface area contributed by atoms with Gasteiger partial charge in [0, 0.05) is 0 Å². The molecule has 1 aromatic rings. The van der Waals surface area contributed by atoms with Crippen molar-refractivity contribution < 1.29 is 28.7 Å². The van der Waals surface area contributed by atoms with Gasteiger partial charge in [0.2, 0.25) is 10.0 Å². The molecule has 4 rings (SSSR count). The van der Waals surface area contributed by atoms with Gasteiger partial charge < -0.3 is 20.3 Å². The van der Waals surface area contributed by atoms with E-state index in [0.717, 1.165) is 19.3 Å². The highest BCUT2D eigenvalue weighted by atomic mass is 35.5. The van der Waals surface area contributed by atoms with Crippen LogP contribution in [0.25, 0.3) is 0 Å². The van der Waals surface area contributed by atoms with Crippen LogP contribution < -0.4 is 4.72 Å². The number of sulfonamides is 1. The van der Waals surface area contributed by atoms with Gasteiger partial charge in [-0.2, -0.15) is 5.26 Å². The van der Waals surface area contributed by atoms with Gasteiger partial charge in [0.25, 0.3) is 0 Å². The Morgan fingerprint density at radius 2 is 1.83 bits per heavy atom. The van der Waals surface area contributed by atoms with Crippen molar-refractivity contribution in [2.75, 3.05) is 7.05 Å². The van der Waals surface area contributed by atoms with Crippen molar-refractivity contribution in [3.05, 3.63) is 28.8 Å². The van der Waals surface area contributed by atoms with Crippen molar-refractivity contribution in [1.82, 2.24) is 4.72 Å². The number of nitrogens with zero attached hydrogens (tertiary/aromatic N) is 1. The largest absolute Gasteiger partial charge is 0.482 e. The monoisotopic (exact) mass is 445 g/mol. The van der Waals surface area contributed by atoms with Crippen molar-refractivity contribution in [3.63, 3.8) is 0 Å². The van der Waals surface area contributed by atoms with E-state index in [-0.39, 0.29) is 23.0 Å². The van der Waals surface area contributed by atoms with E-state index in [0.29, 0.717) is 11.5 Å². The molecule has 3 fully saturated rings. The maximum absolute atomic E-state index is 11.3. The van der Waals surface area contributed by atoms with E-state index < -0.39 is 21.2 Å². The minimum atomic E-state index is -3.55. The van der Waals surface area contributed by atoms with Gasteiger partial charge in [-0.3, -0.25) is 0 Å². The maximum atomic E-state index is 11.3. The number of benzene rings is 1. The highest BCUT2D eigenvalue weighted by Crippen LogP contribution is 2.65. The molecule has 0 amide bonds. The second kappa shape index (κ2) is 9.31. The third-order valence-corrected chi connectivity index (χ3v) is 8.02. The quantitative estimate of drug-likeness (QED) is 0.425. The zero-order valence-corrected chi connectivity index (χ0v) is 18.4. The van der Waals surface area contributed by atoms with Crippen molar-refractivity contribution >= 4 is 29.3 Å². The summed E-state index contributed by atoms with van der Waals surface area (Å²) in [5.74, 6) is 0.614. The smallest absolute Gasteiger partial charge is 0.429 e. The predicted octanol–water partition coefficient (Wildman–Crippen LogP) is 0.933. The first-order valence-electron chi connectivity index (χ1n) is 8.92. The van der Waals surface area contributed by atoms with Crippen LogP contribution in [0.5, 0.6) is 0 Å². The summed E-state index contributed by atoms with van der Waals surface area (Å²) >= 11 is 5.70. The molecule has 2 bridgehead atoms. The van der Waals surface area contributed by atoms with Crippen LogP contribution in [-0.4, -0.2) is 54.6 Å². The molecule has 3 saturated carbocycles. The van der Waals surface area contributed by atoms with Crippen LogP contribution >= 0.6 is 11.6 Å². The third-order valence-electron chi connectivity index (χ3n) is 6.12. The lowest BCUT2D eigenvalue weighted by molar-refractivity contribution is -0.312. The van der Waals surface area contributed by atoms with Crippen LogP contribution in [0.1, 0.15) is 45.6 Å². The van der Waals surface area contributed by atoms with Gasteiger partial charge >= 0.3 is 7.69 Å². The fourth-order valence-corrected chi connectivity index (χ4v) is 5.29. The van der Waals surface area contributed by atoms with Crippen LogP contribution in [0.4, 0.5) is 0 Å². The molecule has 29 heavy (non-hydrogen) atoms. The first-order valence-corrected chi connectivity index (χ1v) is 10.8. The fraction of sp³-hybridized carbons (Fsp3) is 0.611. The Hall–Kier alpha value is -1.19. The molecule has 3 unspecified atom stereocenters. The van der Waals surface area contributed by atoms with Crippen LogP contribution in [0.3, 0.4) is 0 Å². The van der Waals surface area contributed by atoms with Gasteiger partial charge in [-0.15, -0.1) is 0 Å². The molecule has 3 aliphatic carbocycles. The molecule has 3 aliphatic rings. The van der Waals surface area contributed by atoms with Crippen LogP contribution in [0.2, 0.25) is 5.02 Å². The molecule has 3 atom stereocenters. The minimum Gasteiger partial charge on any atom is -0.429 e. The molecule has 1 radical (unpaired) electrons. The molecule has 0 aromatic heterocycles. The lowest BCUT2D eigenvalue weighted by atomic mass is 9.41. The number of hydrogen-bond donors (Lipinski definition) is 5. The van der Waals surface area contributed by atoms with Crippen molar-refractivity contribution in [1.29, 1.82) is 5.26 Å². The van der Waals surface area contributed by atoms with Crippen LogP contribution in [0, 0.1) is 22.7 Å². The van der Waals surface area contributed by atoms with E-state index in [4.69, 9.17) is 26.9 Å². The molecule has 11 heteroatoms. The zero-order chi connectivity index (χ0) is 22.7. The van der Waals surface area contributed by atoms with Gasteiger partial charge in [0.1, 0.15) is 4.90 Å². The molecule has 1 aromatic carbocycles. The highest BCUT2D eigenvalue weighted by Gasteiger charge is 2.69. The Morgan fingerprint density at radius 1 is 1.28 bits per heavy atom. The van der Waals surface area contributed by atoms with Crippen LogP contribution in [0.15, 0.2) is 23.1 Å². The van der Waals surface area contributed by atoms with E-state index in [1.807, 2.05) is 6.07 Å². The number of nitrogens with one attached hydrogen (secondary N) is 1. The first-order chi connectivity index (χ1) is 13.2. The summed E-state index contributed by atoms with van der Waals surface area (Å²) in [6, 6.07) is 5.87. The van der Waals surface area contributed by atoms with E-state index in [9.17, 15) is 18.6 Å². The molecular formula is C18H27BClN2O6S. The molecule has 0 saturated heterocycles. The molecule has 0 heterocycles. The third kappa shape index (κ3) is 4.94. The number of aliphatic hydroxyl groups is 2. The Balaban J connectivity index is 0.000000257. The minimum absolute atomic E-state index is 0. The maximum Gasteiger partial charge on any atom is 0.482 e. The molecule has 5 N–H and O–H groups in total. The van der Waals surface area contributed by atoms with Gasteiger partial charge in [-0.05, 0) is 62.8 Å². The van der Waals surface area contributed by atoms with Crippen molar-refractivity contribution in [2.45, 2.75) is 56.1 Å². The fourth-order valence-electron chi connectivity index (χ4n) is 4.02. The number of halogens is 1. The second-order valence-corrected chi connectivity index (χ2v) is 10.1. The van der Waals surface area contributed by atoms with Crippen molar-refractivity contribution in [2.24, 2.45) is 11.3 Å². The average molecular weight is 446 g/mol.